The van der Waals surface area contributed by atoms with E-state index in [1.54, 1.807) is 6.92 Å². The molecule has 0 atom stereocenters. The van der Waals surface area contributed by atoms with Gasteiger partial charge in [-0.25, -0.2) is 9.78 Å². The first-order valence-corrected chi connectivity index (χ1v) is 4.82. The predicted molar refractivity (Wildman–Crippen MR) is 59.1 cm³/mol. The Bertz CT molecular complexity index is 714. The van der Waals surface area contributed by atoms with Gasteiger partial charge in [-0.1, -0.05) is 0 Å². The van der Waals surface area contributed by atoms with E-state index >= 15 is 0 Å². The molecule has 7 nitrogen and oxygen atoms in total. The van der Waals surface area contributed by atoms with Crippen molar-refractivity contribution in [2.45, 2.75) is 13.3 Å². The average molecular weight is 235 g/mol. The maximum absolute atomic E-state index is 11.6. The molecule has 0 radical (unpaired) electrons. The van der Waals surface area contributed by atoms with E-state index in [4.69, 9.17) is 5.11 Å². The van der Waals surface area contributed by atoms with Gasteiger partial charge in [0.2, 0.25) is 0 Å². The van der Waals surface area contributed by atoms with Gasteiger partial charge in [-0.2, -0.15) is 0 Å². The van der Waals surface area contributed by atoms with Crippen molar-refractivity contribution in [1.82, 2.24) is 15.0 Å². The number of carboxylic acid groups (broad SMARTS) is 1. The van der Waals surface area contributed by atoms with Crippen LogP contribution in [-0.4, -0.2) is 26.0 Å². The van der Waals surface area contributed by atoms with Crippen LogP contribution < -0.4 is 11.2 Å². The van der Waals surface area contributed by atoms with E-state index in [-0.39, 0.29) is 17.5 Å². The number of aliphatic carboxylic acids is 1. The lowest BCUT2D eigenvalue weighted by atomic mass is 10.1. The van der Waals surface area contributed by atoms with Crippen molar-refractivity contribution >= 4 is 17.0 Å². The molecule has 2 aromatic heterocycles. The maximum Gasteiger partial charge on any atom is 0.327 e. The second-order valence-corrected chi connectivity index (χ2v) is 3.63. The van der Waals surface area contributed by atoms with E-state index < -0.39 is 17.2 Å². The van der Waals surface area contributed by atoms with E-state index in [9.17, 15) is 14.4 Å². The Morgan fingerprint density at radius 3 is 2.76 bits per heavy atom. The van der Waals surface area contributed by atoms with Crippen molar-refractivity contribution in [3.05, 3.63) is 38.2 Å². The van der Waals surface area contributed by atoms with E-state index in [0.29, 0.717) is 11.3 Å². The van der Waals surface area contributed by atoms with Gasteiger partial charge in [0.1, 0.15) is 5.65 Å². The summed E-state index contributed by atoms with van der Waals surface area (Å²) in [6, 6.07) is 1.52. The number of hydrogen-bond donors (Lipinski definition) is 3. The number of hydrogen-bond acceptors (Lipinski definition) is 4. The topological polar surface area (TPSA) is 116 Å². The minimum Gasteiger partial charge on any atom is -0.481 e. The van der Waals surface area contributed by atoms with Crippen molar-refractivity contribution in [1.29, 1.82) is 0 Å². The number of fused-ring (bicyclic) bond motifs is 1. The van der Waals surface area contributed by atoms with Gasteiger partial charge in [0.25, 0.3) is 5.56 Å². The summed E-state index contributed by atoms with van der Waals surface area (Å²) in [7, 11) is 0. The number of aromatic nitrogens is 3. The molecule has 2 rings (SSSR count). The summed E-state index contributed by atoms with van der Waals surface area (Å²) in [4.78, 5) is 41.8. The first kappa shape index (κ1) is 11.1. The molecule has 17 heavy (non-hydrogen) atoms. The molecular weight excluding hydrogens is 226 g/mol. The van der Waals surface area contributed by atoms with Crippen molar-refractivity contribution < 1.29 is 9.90 Å². The molecule has 0 aliphatic carbocycles. The molecule has 3 N–H and O–H groups in total. The SMILES string of the molecule is Cc1cc(CC(=O)O)c2c(=O)[nH]c(=O)[nH]c2n1. The number of pyridine rings is 1. The third kappa shape index (κ3) is 2.07. The number of aromatic amines is 2. The van der Waals surface area contributed by atoms with Crippen LogP contribution in [0.5, 0.6) is 0 Å². The summed E-state index contributed by atoms with van der Waals surface area (Å²) in [5, 5.41) is 8.87. The summed E-state index contributed by atoms with van der Waals surface area (Å²) in [5.41, 5.74) is -0.322. The van der Waals surface area contributed by atoms with Gasteiger partial charge in [0.05, 0.1) is 11.8 Å². The highest BCUT2D eigenvalue weighted by atomic mass is 16.4. The molecule has 0 aromatic carbocycles. The second kappa shape index (κ2) is 3.85. The van der Waals surface area contributed by atoms with Crippen molar-refractivity contribution in [3.8, 4) is 0 Å². The van der Waals surface area contributed by atoms with Crippen LogP contribution >= 0.6 is 0 Å². The number of carbonyl (C=O) groups is 1. The third-order valence-electron chi connectivity index (χ3n) is 2.26. The number of carboxylic acids is 1. The Balaban J connectivity index is 2.87. The largest absolute Gasteiger partial charge is 0.481 e. The van der Waals surface area contributed by atoms with Gasteiger partial charge in [-0.15, -0.1) is 0 Å². The van der Waals surface area contributed by atoms with Crippen LogP contribution in [0.15, 0.2) is 15.7 Å². The quantitative estimate of drug-likeness (QED) is 0.651. The monoisotopic (exact) mass is 235 g/mol. The normalized spacial score (nSPS) is 10.6. The number of rotatable bonds is 2. The molecule has 0 fully saturated rings. The van der Waals surface area contributed by atoms with E-state index in [1.165, 1.54) is 6.07 Å². The van der Waals surface area contributed by atoms with Gasteiger partial charge in [-0.05, 0) is 18.6 Å². The first-order valence-electron chi connectivity index (χ1n) is 4.82. The molecule has 0 aliphatic rings. The fourth-order valence-electron chi connectivity index (χ4n) is 1.69. The van der Waals surface area contributed by atoms with Gasteiger partial charge in [0.15, 0.2) is 0 Å². The standard InChI is InChI=1S/C10H9N3O4/c1-4-2-5(3-6(14)15)7-8(11-4)12-10(17)13-9(7)16/h2H,3H2,1H3,(H,14,15)(H2,11,12,13,16,17). The maximum atomic E-state index is 11.6. The van der Waals surface area contributed by atoms with Crippen LogP contribution in [-0.2, 0) is 11.2 Å². The van der Waals surface area contributed by atoms with Crippen LogP contribution in [0.25, 0.3) is 11.0 Å². The molecule has 0 unspecified atom stereocenters. The smallest absolute Gasteiger partial charge is 0.327 e. The number of aryl methyl sites for hydroxylation is 1. The number of nitrogens with one attached hydrogen (secondary N) is 2. The summed E-state index contributed by atoms with van der Waals surface area (Å²) < 4.78 is 0. The molecule has 0 amide bonds. The highest BCUT2D eigenvalue weighted by Crippen LogP contribution is 2.12. The van der Waals surface area contributed by atoms with E-state index in [0.717, 1.165) is 0 Å². The van der Waals surface area contributed by atoms with Crippen LogP contribution in [0, 0.1) is 6.92 Å². The molecule has 88 valence electrons. The summed E-state index contributed by atoms with van der Waals surface area (Å²) in [5.74, 6) is -1.05. The molecule has 0 aliphatic heterocycles. The third-order valence-corrected chi connectivity index (χ3v) is 2.26. The van der Waals surface area contributed by atoms with E-state index in [2.05, 4.69) is 9.97 Å². The van der Waals surface area contributed by atoms with Crippen LogP contribution in [0.4, 0.5) is 0 Å². The molecule has 0 spiro atoms. The summed E-state index contributed by atoms with van der Waals surface area (Å²) in [6.45, 7) is 1.66. The van der Waals surface area contributed by atoms with Gasteiger partial charge in [0, 0.05) is 5.69 Å². The first-order chi connectivity index (χ1) is 7.97. The minimum absolute atomic E-state index is 0.106. The van der Waals surface area contributed by atoms with Crippen LogP contribution in [0.2, 0.25) is 0 Å². The van der Waals surface area contributed by atoms with Crippen molar-refractivity contribution in [2.24, 2.45) is 0 Å². The van der Waals surface area contributed by atoms with Crippen LogP contribution in [0.1, 0.15) is 11.3 Å². The Morgan fingerprint density at radius 1 is 1.41 bits per heavy atom. The number of H-pyrrole nitrogens is 2. The Hall–Kier alpha value is -2.44. The zero-order valence-corrected chi connectivity index (χ0v) is 8.90. The highest BCUT2D eigenvalue weighted by molar-refractivity contribution is 5.83. The summed E-state index contributed by atoms with van der Waals surface area (Å²) >= 11 is 0. The molecule has 2 heterocycles. The van der Waals surface area contributed by atoms with Crippen molar-refractivity contribution in [2.75, 3.05) is 0 Å². The van der Waals surface area contributed by atoms with Crippen LogP contribution in [0.3, 0.4) is 0 Å². The zero-order chi connectivity index (χ0) is 12.6. The summed E-state index contributed by atoms with van der Waals surface area (Å²) in [6.07, 6.45) is -0.297. The minimum atomic E-state index is -1.05. The fourth-order valence-corrected chi connectivity index (χ4v) is 1.69. The number of nitrogens with zero attached hydrogens (tertiary/aromatic N) is 1. The van der Waals surface area contributed by atoms with Gasteiger partial charge in [-0.3, -0.25) is 19.6 Å². The van der Waals surface area contributed by atoms with Gasteiger partial charge < -0.3 is 5.11 Å². The fraction of sp³-hybridized carbons (Fsp3) is 0.200. The molecule has 7 heteroatoms. The lowest BCUT2D eigenvalue weighted by Crippen LogP contribution is -2.24. The second-order valence-electron chi connectivity index (χ2n) is 3.63. The lowest BCUT2D eigenvalue weighted by Gasteiger charge is -2.04. The zero-order valence-electron chi connectivity index (χ0n) is 8.90. The Kier molecular flexibility index (Phi) is 2.51. The van der Waals surface area contributed by atoms with E-state index in [1.807, 2.05) is 4.98 Å². The lowest BCUT2D eigenvalue weighted by molar-refractivity contribution is -0.136. The molecule has 0 saturated heterocycles. The Morgan fingerprint density at radius 2 is 2.12 bits per heavy atom. The molecular formula is C10H9N3O4. The van der Waals surface area contributed by atoms with Crippen molar-refractivity contribution in [3.63, 3.8) is 0 Å². The molecule has 0 bridgehead atoms. The molecule has 0 saturated carbocycles. The predicted octanol–water partition coefficient (Wildman–Crippen LogP) is -0.453. The molecule has 2 aromatic rings. The Labute approximate surface area is 94.1 Å². The highest BCUT2D eigenvalue weighted by Gasteiger charge is 2.11. The van der Waals surface area contributed by atoms with Gasteiger partial charge >= 0.3 is 11.7 Å². The average Bonchev–Trinajstić information content (AvgIpc) is 2.13.